The monoisotopic (exact) mass is 506 g/mol. The first-order chi connectivity index (χ1) is 14.1. The molecule has 29 heavy (non-hydrogen) atoms. The molecule has 2 aromatic carbocycles. The van der Waals surface area contributed by atoms with Crippen LogP contribution >= 0.6 is 50.8 Å². The lowest BCUT2D eigenvalue weighted by Crippen LogP contribution is -2.14. The highest BCUT2D eigenvalue weighted by Gasteiger charge is 2.10. The van der Waals surface area contributed by atoms with Gasteiger partial charge in [-0.25, -0.2) is 9.67 Å². The number of thioether (sulfide) groups is 2. The largest absolute Gasteiger partial charge is 0.325 e. The molecule has 2 aromatic heterocycles. The van der Waals surface area contributed by atoms with Crippen molar-refractivity contribution < 1.29 is 4.79 Å². The van der Waals surface area contributed by atoms with Crippen molar-refractivity contribution in [2.45, 2.75) is 15.2 Å². The number of carbonyl (C=O) groups is 1. The molecule has 11 heteroatoms. The van der Waals surface area contributed by atoms with Crippen LogP contribution in [0.1, 0.15) is 5.56 Å². The zero-order valence-corrected chi connectivity index (χ0v) is 19.2. The van der Waals surface area contributed by atoms with Crippen molar-refractivity contribution in [3.8, 4) is 0 Å². The van der Waals surface area contributed by atoms with Gasteiger partial charge < -0.3 is 5.32 Å². The lowest BCUT2D eigenvalue weighted by molar-refractivity contribution is -0.113. The molecular weight excluding hydrogens is 492 g/mol. The third kappa shape index (κ3) is 5.35. The van der Waals surface area contributed by atoms with E-state index in [4.69, 9.17) is 0 Å². The Morgan fingerprint density at radius 1 is 1.21 bits per heavy atom. The van der Waals surface area contributed by atoms with E-state index in [0.717, 1.165) is 30.5 Å². The summed E-state index contributed by atoms with van der Waals surface area (Å²) in [5, 5.41) is 14.7. The van der Waals surface area contributed by atoms with Gasteiger partial charge in [-0.3, -0.25) is 4.79 Å². The minimum Gasteiger partial charge on any atom is -0.325 e. The fourth-order valence-electron chi connectivity index (χ4n) is 2.44. The molecule has 0 fully saturated rings. The number of rotatable bonds is 7. The highest BCUT2D eigenvalue weighted by atomic mass is 79.9. The van der Waals surface area contributed by atoms with E-state index in [0.29, 0.717) is 5.16 Å². The number of hydrogen-bond donors (Lipinski definition) is 1. The van der Waals surface area contributed by atoms with E-state index in [-0.39, 0.29) is 11.7 Å². The molecule has 4 rings (SSSR count). The summed E-state index contributed by atoms with van der Waals surface area (Å²) in [6.45, 7) is 0. The number of halogens is 1. The molecule has 1 N–H and O–H groups in total. The molecule has 0 bridgehead atoms. The number of carbonyl (C=O) groups excluding carboxylic acids is 1. The molecule has 0 aliphatic heterocycles. The fraction of sp³-hybridized carbons (Fsp3) is 0.167. The molecule has 0 saturated carbocycles. The number of nitrogens with one attached hydrogen (secondary N) is 1. The predicted molar refractivity (Wildman–Crippen MR) is 121 cm³/mol. The van der Waals surface area contributed by atoms with Crippen LogP contribution in [0.3, 0.4) is 0 Å². The zero-order valence-electron chi connectivity index (χ0n) is 15.2. The summed E-state index contributed by atoms with van der Waals surface area (Å²) in [7, 11) is 1.74. The minimum atomic E-state index is -0.105. The third-order valence-electron chi connectivity index (χ3n) is 3.84. The van der Waals surface area contributed by atoms with Crippen LogP contribution < -0.4 is 5.32 Å². The number of anilines is 1. The highest BCUT2D eigenvalue weighted by Crippen LogP contribution is 2.33. The Kier molecular flexibility index (Phi) is 6.48. The van der Waals surface area contributed by atoms with Gasteiger partial charge >= 0.3 is 0 Å². The van der Waals surface area contributed by atoms with Crippen molar-refractivity contribution >= 4 is 72.6 Å². The first-order valence-electron chi connectivity index (χ1n) is 8.50. The number of hydrogen-bond acceptors (Lipinski definition) is 8. The summed E-state index contributed by atoms with van der Waals surface area (Å²) >= 11 is 8.09. The van der Waals surface area contributed by atoms with Crippen LogP contribution in [0.5, 0.6) is 0 Å². The Morgan fingerprint density at radius 2 is 2.03 bits per heavy atom. The lowest BCUT2D eigenvalue weighted by Gasteiger charge is -2.04. The van der Waals surface area contributed by atoms with Gasteiger partial charge in [0.05, 0.1) is 16.0 Å². The number of fused-ring (bicyclic) bond motifs is 1. The van der Waals surface area contributed by atoms with Gasteiger partial charge in [0.2, 0.25) is 11.1 Å². The second-order valence-corrected chi connectivity index (χ2v) is 10.1. The maximum Gasteiger partial charge on any atom is 0.234 e. The Bertz CT molecular complexity index is 1140. The summed E-state index contributed by atoms with van der Waals surface area (Å²) in [6, 6.07) is 14.1. The quantitative estimate of drug-likeness (QED) is 0.366. The van der Waals surface area contributed by atoms with Crippen LogP contribution in [0.15, 0.2) is 56.4 Å². The van der Waals surface area contributed by atoms with Gasteiger partial charge in [0.15, 0.2) is 4.34 Å². The topological polar surface area (TPSA) is 85.6 Å². The van der Waals surface area contributed by atoms with Crippen molar-refractivity contribution in [1.82, 2.24) is 25.2 Å². The number of nitrogens with zero attached hydrogens (tertiary/aromatic N) is 5. The third-order valence-corrected chi connectivity index (χ3v) is 7.61. The second kappa shape index (κ2) is 9.24. The molecule has 7 nitrogen and oxygen atoms in total. The van der Waals surface area contributed by atoms with E-state index in [9.17, 15) is 4.79 Å². The predicted octanol–water partition coefficient (Wildman–Crippen LogP) is 4.61. The molecule has 0 aliphatic carbocycles. The summed E-state index contributed by atoms with van der Waals surface area (Å²) < 4.78 is 4.67. The molecule has 148 valence electrons. The summed E-state index contributed by atoms with van der Waals surface area (Å²) in [5.74, 6) is 1.00. The van der Waals surface area contributed by atoms with Gasteiger partial charge in [0.25, 0.3) is 0 Å². The summed E-state index contributed by atoms with van der Waals surface area (Å²) in [6.07, 6.45) is 0. The van der Waals surface area contributed by atoms with E-state index >= 15 is 0 Å². The van der Waals surface area contributed by atoms with Gasteiger partial charge in [0, 0.05) is 23.0 Å². The maximum atomic E-state index is 12.2. The normalized spacial score (nSPS) is 11.1. The molecule has 0 radical (unpaired) electrons. The van der Waals surface area contributed by atoms with Crippen LogP contribution in [0.4, 0.5) is 5.69 Å². The second-order valence-electron chi connectivity index (χ2n) is 6.00. The maximum absolute atomic E-state index is 12.2. The van der Waals surface area contributed by atoms with E-state index in [1.807, 2.05) is 30.3 Å². The molecule has 4 aromatic rings. The smallest absolute Gasteiger partial charge is 0.234 e. The highest BCUT2D eigenvalue weighted by molar-refractivity contribution is 9.10. The van der Waals surface area contributed by atoms with Crippen molar-refractivity contribution in [1.29, 1.82) is 0 Å². The Morgan fingerprint density at radius 3 is 2.79 bits per heavy atom. The van der Waals surface area contributed by atoms with E-state index in [1.54, 1.807) is 30.1 Å². The average molecular weight is 507 g/mol. The zero-order chi connectivity index (χ0) is 20.2. The van der Waals surface area contributed by atoms with E-state index in [1.165, 1.54) is 22.0 Å². The summed E-state index contributed by atoms with van der Waals surface area (Å²) in [5.41, 5.74) is 2.94. The van der Waals surface area contributed by atoms with Gasteiger partial charge in [-0.15, -0.1) is 16.4 Å². The average Bonchev–Trinajstić information content (AvgIpc) is 3.31. The van der Waals surface area contributed by atoms with Crippen molar-refractivity contribution in [2.24, 2.45) is 7.05 Å². The fourth-order valence-corrected chi connectivity index (χ4v) is 5.42. The van der Waals surface area contributed by atoms with Gasteiger partial charge in [0.1, 0.15) is 0 Å². The Balaban J connectivity index is 1.36. The molecule has 1 amide bonds. The molecule has 0 saturated heterocycles. The van der Waals surface area contributed by atoms with Crippen LogP contribution in [0.25, 0.3) is 10.2 Å². The molecule has 0 atom stereocenters. The molecule has 0 spiro atoms. The SMILES string of the molecule is Cn1nnnc1SCC(=O)Nc1ccc2nc(SCc3ccc(Br)cc3)sc2c1. The number of tetrazole rings is 1. The van der Waals surface area contributed by atoms with Gasteiger partial charge in [-0.05, 0) is 46.3 Å². The standard InChI is InChI=1S/C18H15BrN6OS3/c1-25-17(22-23-24-25)27-10-16(26)20-13-6-7-14-15(8-13)29-18(21-14)28-9-11-2-4-12(19)5-3-11/h2-8H,9-10H2,1H3,(H,20,26). The van der Waals surface area contributed by atoms with Crippen LogP contribution in [0.2, 0.25) is 0 Å². The lowest BCUT2D eigenvalue weighted by atomic mass is 10.2. The number of thiazole rings is 1. The minimum absolute atomic E-state index is 0.105. The van der Waals surface area contributed by atoms with E-state index < -0.39 is 0 Å². The van der Waals surface area contributed by atoms with Crippen molar-refractivity contribution in [3.63, 3.8) is 0 Å². The first kappa shape index (κ1) is 20.3. The first-order valence-corrected chi connectivity index (χ1v) is 12.1. The number of aryl methyl sites for hydroxylation is 1. The summed E-state index contributed by atoms with van der Waals surface area (Å²) in [4.78, 5) is 16.9. The van der Waals surface area contributed by atoms with E-state index in [2.05, 4.69) is 53.9 Å². The number of aromatic nitrogens is 5. The molecule has 0 unspecified atom stereocenters. The molecule has 0 aliphatic rings. The molecule has 2 heterocycles. The van der Waals surface area contributed by atoms with Crippen LogP contribution in [-0.4, -0.2) is 36.9 Å². The molecular formula is C18H15BrN6OS3. The van der Waals surface area contributed by atoms with Crippen molar-refractivity contribution in [3.05, 3.63) is 52.5 Å². The van der Waals surface area contributed by atoms with Crippen molar-refractivity contribution in [2.75, 3.05) is 11.1 Å². The van der Waals surface area contributed by atoms with Crippen LogP contribution in [-0.2, 0) is 17.6 Å². The number of amides is 1. The van der Waals surface area contributed by atoms with Crippen LogP contribution in [0, 0.1) is 0 Å². The Labute approximate surface area is 187 Å². The Hall–Kier alpha value is -1.95. The van der Waals surface area contributed by atoms with Gasteiger partial charge in [-0.1, -0.05) is 51.6 Å². The number of benzene rings is 2. The van der Waals surface area contributed by atoms with Gasteiger partial charge in [-0.2, -0.15) is 0 Å².